The van der Waals surface area contributed by atoms with E-state index in [4.69, 9.17) is 17.3 Å². The van der Waals surface area contributed by atoms with Gasteiger partial charge >= 0.3 is 0 Å². The first-order valence-corrected chi connectivity index (χ1v) is 6.79. The van der Waals surface area contributed by atoms with Crippen molar-refractivity contribution in [1.82, 2.24) is 10.6 Å². The quantitative estimate of drug-likeness (QED) is 0.526. The predicted molar refractivity (Wildman–Crippen MR) is 73.8 cm³/mol. The molecule has 0 aromatic carbocycles. The molecule has 2 rings (SSSR count). The van der Waals surface area contributed by atoms with Crippen LogP contribution in [0.5, 0.6) is 0 Å². The van der Waals surface area contributed by atoms with Crippen LogP contribution in [-0.4, -0.2) is 28.4 Å². The van der Waals surface area contributed by atoms with Gasteiger partial charge < -0.3 is 15.7 Å². The van der Waals surface area contributed by atoms with E-state index >= 15 is 0 Å². The molecule has 4 heteroatoms. The van der Waals surface area contributed by atoms with Crippen LogP contribution in [-0.2, 0) is 0 Å². The molecule has 0 aromatic heterocycles. The number of hydrogen-bond donors (Lipinski definition) is 3. The summed E-state index contributed by atoms with van der Waals surface area (Å²) >= 11 is 5.34. The first-order chi connectivity index (χ1) is 8.00. The van der Waals surface area contributed by atoms with E-state index in [1.54, 1.807) is 0 Å². The largest absolute Gasteiger partial charge is 0.396 e. The molecule has 96 valence electrons. The standard InChI is InChI=1S/C13H22N2OS/c1-13(2,5-6-16)15-12(17)14-11-8-9-3-4-10(11)7-9/h3-4,9-11,16H,5-8H2,1-2H3,(H2,14,15,17)/t9-,10-,11-/m1/s1. The van der Waals surface area contributed by atoms with Gasteiger partial charge in [-0.25, -0.2) is 0 Å². The highest BCUT2D eigenvalue weighted by Gasteiger charge is 2.36. The number of nitrogens with one attached hydrogen (secondary N) is 2. The Hall–Kier alpha value is -0.610. The van der Waals surface area contributed by atoms with E-state index < -0.39 is 0 Å². The Morgan fingerprint density at radius 3 is 2.71 bits per heavy atom. The molecule has 1 saturated carbocycles. The second kappa shape index (κ2) is 4.94. The molecular formula is C13H22N2OS. The van der Waals surface area contributed by atoms with Gasteiger partial charge in [-0.1, -0.05) is 12.2 Å². The lowest BCUT2D eigenvalue weighted by molar-refractivity contribution is 0.244. The molecule has 1 fully saturated rings. The molecule has 3 N–H and O–H groups in total. The van der Waals surface area contributed by atoms with Crippen LogP contribution in [0.3, 0.4) is 0 Å². The van der Waals surface area contributed by atoms with Crippen molar-refractivity contribution in [1.29, 1.82) is 0 Å². The molecule has 0 saturated heterocycles. The summed E-state index contributed by atoms with van der Waals surface area (Å²) in [4.78, 5) is 0. The molecular weight excluding hydrogens is 232 g/mol. The highest BCUT2D eigenvalue weighted by atomic mass is 32.1. The summed E-state index contributed by atoms with van der Waals surface area (Å²) in [6, 6.07) is 0.495. The Morgan fingerprint density at radius 1 is 1.41 bits per heavy atom. The summed E-state index contributed by atoms with van der Waals surface area (Å²) in [5, 5.41) is 16.4. The minimum absolute atomic E-state index is 0.147. The van der Waals surface area contributed by atoms with Crippen molar-refractivity contribution in [2.75, 3.05) is 6.61 Å². The molecule has 2 aliphatic carbocycles. The second-order valence-corrected chi connectivity index (χ2v) is 6.25. The maximum atomic E-state index is 8.97. The van der Waals surface area contributed by atoms with Gasteiger partial charge in [-0.05, 0) is 57.2 Å². The maximum absolute atomic E-state index is 8.97. The molecule has 2 aliphatic rings. The fraction of sp³-hybridized carbons (Fsp3) is 0.769. The third kappa shape index (κ3) is 3.19. The maximum Gasteiger partial charge on any atom is 0.166 e. The summed E-state index contributed by atoms with van der Waals surface area (Å²) in [7, 11) is 0. The monoisotopic (exact) mass is 254 g/mol. The summed E-state index contributed by atoms with van der Waals surface area (Å²) in [5.74, 6) is 1.41. The third-order valence-corrected chi connectivity index (χ3v) is 4.00. The van der Waals surface area contributed by atoms with Crippen molar-refractivity contribution in [2.24, 2.45) is 11.8 Å². The van der Waals surface area contributed by atoms with E-state index in [-0.39, 0.29) is 12.1 Å². The van der Waals surface area contributed by atoms with E-state index in [1.807, 2.05) is 0 Å². The van der Waals surface area contributed by atoms with Crippen LogP contribution in [0.1, 0.15) is 33.1 Å². The van der Waals surface area contributed by atoms with Crippen molar-refractivity contribution < 1.29 is 5.11 Å². The Balaban J connectivity index is 1.80. The van der Waals surface area contributed by atoms with E-state index in [2.05, 4.69) is 36.6 Å². The van der Waals surface area contributed by atoms with Crippen molar-refractivity contribution >= 4 is 17.3 Å². The number of allylic oxidation sites excluding steroid dienone is 1. The van der Waals surface area contributed by atoms with Crippen LogP contribution >= 0.6 is 12.2 Å². The highest BCUT2D eigenvalue weighted by Crippen LogP contribution is 2.38. The molecule has 0 amide bonds. The van der Waals surface area contributed by atoms with Gasteiger partial charge in [0.1, 0.15) is 0 Å². The minimum atomic E-state index is -0.147. The topological polar surface area (TPSA) is 44.3 Å². The first-order valence-electron chi connectivity index (χ1n) is 6.38. The van der Waals surface area contributed by atoms with Gasteiger partial charge in [-0.3, -0.25) is 0 Å². The lowest BCUT2D eigenvalue weighted by Gasteiger charge is -2.30. The third-order valence-electron chi connectivity index (χ3n) is 3.78. The smallest absolute Gasteiger partial charge is 0.166 e. The molecule has 3 atom stereocenters. The van der Waals surface area contributed by atoms with Crippen molar-refractivity contribution in [2.45, 2.75) is 44.7 Å². The van der Waals surface area contributed by atoms with E-state index in [1.165, 1.54) is 12.8 Å². The van der Waals surface area contributed by atoms with Crippen LogP contribution < -0.4 is 10.6 Å². The lowest BCUT2D eigenvalue weighted by Crippen LogP contribution is -2.51. The molecule has 0 aliphatic heterocycles. The van der Waals surface area contributed by atoms with Crippen LogP contribution in [0.4, 0.5) is 0 Å². The van der Waals surface area contributed by atoms with Crippen molar-refractivity contribution in [3.63, 3.8) is 0 Å². The average molecular weight is 254 g/mol. The molecule has 0 aromatic rings. The van der Waals surface area contributed by atoms with Gasteiger partial charge in [-0.15, -0.1) is 0 Å². The van der Waals surface area contributed by atoms with Gasteiger partial charge in [0.05, 0.1) is 0 Å². The van der Waals surface area contributed by atoms with Crippen LogP contribution in [0, 0.1) is 11.8 Å². The Kier molecular flexibility index (Phi) is 3.73. The summed E-state index contributed by atoms with van der Waals surface area (Å²) in [6.07, 6.45) is 7.82. The molecule has 0 heterocycles. The summed E-state index contributed by atoms with van der Waals surface area (Å²) in [6.45, 7) is 4.29. The SMILES string of the molecule is CC(C)(CCO)NC(=S)N[C@@H]1C[C@@H]2C=C[C@@H]1C2. The zero-order chi connectivity index (χ0) is 12.5. The zero-order valence-corrected chi connectivity index (χ0v) is 11.4. The van der Waals surface area contributed by atoms with Gasteiger partial charge in [0.15, 0.2) is 5.11 Å². The predicted octanol–water partition coefficient (Wildman–Crippen LogP) is 1.58. The van der Waals surface area contributed by atoms with Gasteiger partial charge in [-0.2, -0.15) is 0 Å². The summed E-state index contributed by atoms with van der Waals surface area (Å²) in [5.41, 5.74) is -0.147. The van der Waals surface area contributed by atoms with Gasteiger partial charge in [0.2, 0.25) is 0 Å². The first kappa shape index (κ1) is 12.8. The van der Waals surface area contributed by atoms with Gasteiger partial charge in [0, 0.05) is 18.2 Å². The van der Waals surface area contributed by atoms with Crippen LogP contribution in [0.2, 0.25) is 0 Å². The fourth-order valence-electron chi connectivity index (χ4n) is 2.80. The van der Waals surface area contributed by atoms with Crippen LogP contribution in [0.25, 0.3) is 0 Å². The van der Waals surface area contributed by atoms with E-state index in [0.29, 0.717) is 18.4 Å². The highest BCUT2D eigenvalue weighted by molar-refractivity contribution is 7.80. The number of thiocarbonyl (C=S) groups is 1. The number of hydrogen-bond acceptors (Lipinski definition) is 2. The number of rotatable bonds is 4. The van der Waals surface area contributed by atoms with Crippen molar-refractivity contribution in [3.05, 3.63) is 12.2 Å². The molecule has 2 bridgehead atoms. The normalized spacial score (nSPS) is 30.6. The Bertz CT molecular complexity index is 327. The number of aliphatic hydroxyl groups is 1. The summed E-state index contributed by atoms with van der Waals surface area (Å²) < 4.78 is 0. The van der Waals surface area contributed by atoms with E-state index in [9.17, 15) is 0 Å². The second-order valence-electron chi connectivity index (χ2n) is 5.84. The van der Waals surface area contributed by atoms with Crippen LogP contribution in [0.15, 0.2) is 12.2 Å². The molecule has 17 heavy (non-hydrogen) atoms. The van der Waals surface area contributed by atoms with Gasteiger partial charge in [0.25, 0.3) is 0 Å². The lowest BCUT2D eigenvalue weighted by atomic mass is 10.0. The molecule has 0 radical (unpaired) electrons. The minimum Gasteiger partial charge on any atom is -0.396 e. The van der Waals surface area contributed by atoms with Crippen molar-refractivity contribution in [3.8, 4) is 0 Å². The Morgan fingerprint density at radius 2 is 2.18 bits per heavy atom. The molecule has 0 spiro atoms. The Labute approximate surface area is 109 Å². The molecule has 3 nitrogen and oxygen atoms in total. The van der Waals surface area contributed by atoms with E-state index in [0.717, 1.165) is 11.0 Å². The number of aliphatic hydroxyl groups excluding tert-OH is 1. The fourth-order valence-corrected chi connectivity index (χ4v) is 3.23. The average Bonchev–Trinajstić information content (AvgIpc) is 2.77. The zero-order valence-electron chi connectivity index (χ0n) is 10.6. The molecule has 0 unspecified atom stereocenters. The number of fused-ring (bicyclic) bond motifs is 2.